The largest absolute Gasteiger partial charge is 0.461 e. The molecule has 3 atom stereocenters. The number of alkyl halides is 1. The number of amides is 1. The highest BCUT2D eigenvalue weighted by Gasteiger charge is 2.49. The zero-order chi connectivity index (χ0) is 32.3. The Morgan fingerprint density at radius 3 is 2.87 bits per heavy atom. The van der Waals surface area contributed by atoms with Gasteiger partial charge in [-0.2, -0.15) is 9.97 Å². The molecule has 2 aromatic carbocycles. The van der Waals surface area contributed by atoms with Crippen molar-refractivity contribution in [2.75, 3.05) is 50.5 Å². The van der Waals surface area contributed by atoms with Crippen LogP contribution in [0.5, 0.6) is 6.01 Å². The van der Waals surface area contributed by atoms with Crippen molar-refractivity contribution in [3.63, 3.8) is 0 Å². The van der Waals surface area contributed by atoms with Crippen molar-refractivity contribution < 1.29 is 22.7 Å². The van der Waals surface area contributed by atoms with E-state index in [0.29, 0.717) is 37.3 Å². The summed E-state index contributed by atoms with van der Waals surface area (Å²) in [5.41, 5.74) is 5.86. The second kappa shape index (κ2) is 11.8. The zero-order valence-electron chi connectivity index (χ0n) is 25.2. The van der Waals surface area contributed by atoms with Gasteiger partial charge in [0, 0.05) is 55.7 Å². The summed E-state index contributed by atoms with van der Waals surface area (Å²) in [5, 5.41) is 0.540. The van der Waals surface area contributed by atoms with Gasteiger partial charge in [-0.15, -0.1) is 0 Å². The monoisotopic (exact) mass is 671 g/mol. The molecule has 3 fully saturated rings. The number of carbonyl (C=O) groups is 1. The van der Waals surface area contributed by atoms with Gasteiger partial charge in [-0.05, 0) is 56.5 Å². The van der Waals surface area contributed by atoms with Gasteiger partial charge < -0.3 is 20.3 Å². The lowest BCUT2D eigenvalue weighted by molar-refractivity contribution is -0.127. The summed E-state index contributed by atoms with van der Waals surface area (Å²) in [6.07, 6.45) is 3.97. The maximum atomic E-state index is 16.8. The van der Waals surface area contributed by atoms with Gasteiger partial charge in [0.2, 0.25) is 5.91 Å². The SMILES string of the molecule is C=CC(=O)N1CCCC(N(C)c2nc(OCC34CCCN3CC(F)C4)nc3c(F)c(-c4ccc(F)c5sc(N)nc45)c(Cl)cc23)C1. The number of nitrogens with two attached hydrogens (primary N) is 1. The molecule has 3 unspecified atom stereocenters. The lowest BCUT2D eigenvalue weighted by atomic mass is 9.95. The average Bonchev–Trinajstić information content (AvgIpc) is 3.72. The van der Waals surface area contributed by atoms with E-state index in [1.54, 1.807) is 11.0 Å². The first-order chi connectivity index (χ1) is 22.1. The van der Waals surface area contributed by atoms with Gasteiger partial charge >= 0.3 is 6.01 Å². The fraction of sp³-hybridized carbons (Fsp3) is 0.438. The highest BCUT2D eigenvalue weighted by atomic mass is 35.5. The second-order valence-electron chi connectivity index (χ2n) is 12.4. The minimum Gasteiger partial charge on any atom is -0.461 e. The number of benzene rings is 2. The summed E-state index contributed by atoms with van der Waals surface area (Å²) in [7, 11) is 1.83. The number of thiazole rings is 1. The Balaban J connectivity index is 1.35. The topological polar surface area (TPSA) is 101 Å². The Morgan fingerprint density at radius 2 is 2.07 bits per heavy atom. The van der Waals surface area contributed by atoms with E-state index in [4.69, 9.17) is 27.1 Å². The third-order valence-electron chi connectivity index (χ3n) is 9.62. The summed E-state index contributed by atoms with van der Waals surface area (Å²) in [4.78, 5) is 31.8. The predicted octanol–water partition coefficient (Wildman–Crippen LogP) is 5.99. The Morgan fingerprint density at radius 1 is 1.24 bits per heavy atom. The molecule has 0 radical (unpaired) electrons. The highest BCUT2D eigenvalue weighted by molar-refractivity contribution is 7.22. The van der Waals surface area contributed by atoms with Crippen molar-refractivity contribution in [2.24, 2.45) is 0 Å². The van der Waals surface area contributed by atoms with E-state index in [9.17, 15) is 13.6 Å². The number of fused-ring (bicyclic) bond motifs is 3. The fourth-order valence-corrected chi connectivity index (χ4v) is 8.41. The van der Waals surface area contributed by atoms with Crippen molar-refractivity contribution >= 4 is 60.9 Å². The van der Waals surface area contributed by atoms with Gasteiger partial charge in [-0.3, -0.25) is 9.69 Å². The summed E-state index contributed by atoms with van der Waals surface area (Å²) in [6.45, 7) is 5.96. The molecule has 0 bridgehead atoms. The van der Waals surface area contributed by atoms with Crippen LogP contribution in [0, 0.1) is 11.6 Å². The molecule has 3 saturated heterocycles. The average molecular weight is 672 g/mol. The maximum Gasteiger partial charge on any atom is 0.319 e. The van der Waals surface area contributed by atoms with Gasteiger partial charge in [0.15, 0.2) is 10.9 Å². The summed E-state index contributed by atoms with van der Waals surface area (Å²) in [6, 6.07) is 4.04. The van der Waals surface area contributed by atoms with Crippen LogP contribution in [0.3, 0.4) is 0 Å². The third kappa shape index (κ3) is 5.22. The molecule has 242 valence electrons. The van der Waals surface area contributed by atoms with Crippen LogP contribution in [0.2, 0.25) is 5.02 Å². The van der Waals surface area contributed by atoms with Crippen LogP contribution in [0.25, 0.3) is 32.2 Å². The number of carbonyl (C=O) groups excluding carboxylic acids is 1. The molecule has 0 saturated carbocycles. The number of piperidine rings is 1. The molecule has 0 aliphatic carbocycles. The van der Waals surface area contributed by atoms with Crippen LogP contribution < -0.4 is 15.4 Å². The van der Waals surface area contributed by atoms with Crippen LogP contribution in [-0.2, 0) is 4.79 Å². The van der Waals surface area contributed by atoms with Crippen LogP contribution >= 0.6 is 22.9 Å². The molecule has 2 aromatic heterocycles. The molecule has 3 aliphatic heterocycles. The van der Waals surface area contributed by atoms with Crippen molar-refractivity contribution in [1.82, 2.24) is 24.8 Å². The minimum absolute atomic E-state index is 0.000216. The van der Waals surface area contributed by atoms with E-state index in [2.05, 4.69) is 21.4 Å². The first-order valence-electron chi connectivity index (χ1n) is 15.3. The lowest BCUT2D eigenvalue weighted by Crippen LogP contribution is -2.48. The normalized spacial score (nSPS) is 23.3. The van der Waals surface area contributed by atoms with Crippen LogP contribution in [0.1, 0.15) is 32.1 Å². The van der Waals surface area contributed by atoms with Crippen LogP contribution in [0.4, 0.5) is 24.1 Å². The standard InChI is InChI=1S/C32H33ClF3N7O2S/c1-3-23(44)42-10-4-6-18(15-42)41(2)29-20-12-21(33)24(19-7-8-22(35)28-27(19)38-30(37)46-28)25(36)26(20)39-31(40-29)45-16-32-9-5-11-43(32)14-17(34)13-32/h3,7-8,12,17-18H,1,4-6,9-11,13-16H2,2H3,(H2,37,38). The van der Waals surface area contributed by atoms with Gasteiger partial charge in [-0.25, -0.2) is 18.2 Å². The predicted molar refractivity (Wildman–Crippen MR) is 174 cm³/mol. The maximum absolute atomic E-state index is 16.8. The van der Waals surface area contributed by atoms with Gasteiger partial charge in [0.25, 0.3) is 0 Å². The van der Waals surface area contributed by atoms with Gasteiger partial charge in [0.05, 0.1) is 20.8 Å². The first kappa shape index (κ1) is 30.9. The molecule has 9 nitrogen and oxygen atoms in total. The quantitative estimate of drug-likeness (QED) is 0.239. The molecule has 3 aliphatic rings. The molecule has 7 rings (SSSR count). The fourth-order valence-electron chi connectivity index (χ4n) is 7.35. The molecule has 2 N–H and O–H groups in total. The van der Waals surface area contributed by atoms with E-state index in [-0.39, 0.29) is 61.6 Å². The summed E-state index contributed by atoms with van der Waals surface area (Å²) < 4.78 is 52.3. The van der Waals surface area contributed by atoms with E-state index in [1.807, 2.05) is 11.9 Å². The number of likely N-dealkylation sites (tertiary alicyclic amines) is 1. The molecule has 5 heterocycles. The number of anilines is 2. The molecular formula is C32H33ClF3N7O2S. The Hall–Kier alpha value is -3.68. The number of hydrogen-bond acceptors (Lipinski definition) is 9. The molecule has 14 heteroatoms. The van der Waals surface area contributed by atoms with E-state index in [0.717, 1.165) is 43.6 Å². The van der Waals surface area contributed by atoms with Gasteiger partial charge in [0.1, 0.15) is 29.9 Å². The molecule has 1 amide bonds. The number of halogens is 4. The van der Waals surface area contributed by atoms with Crippen LogP contribution in [0.15, 0.2) is 30.9 Å². The van der Waals surface area contributed by atoms with E-state index in [1.165, 1.54) is 18.2 Å². The number of ether oxygens (including phenoxy) is 1. The number of nitrogen functional groups attached to an aromatic ring is 1. The molecular weight excluding hydrogens is 639 g/mol. The Labute approximate surface area is 272 Å². The van der Waals surface area contributed by atoms with Crippen molar-refractivity contribution in [1.29, 1.82) is 0 Å². The Bertz CT molecular complexity index is 1880. The van der Waals surface area contributed by atoms with Crippen molar-refractivity contribution in [2.45, 2.75) is 49.9 Å². The summed E-state index contributed by atoms with van der Waals surface area (Å²) >= 11 is 7.76. The molecule has 0 spiro atoms. The number of likely N-dealkylation sites (N-methyl/N-ethyl adjacent to an activating group) is 1. The van der Waals surface area contributed by atoms with Crippen molar-refractivity contribution in [3.05, 3.63) is 47.5 Å². The van der Waals surface area contributed by atoms with Gasteiger partial charge in [-0.1, -0.05) is 29.5 Å². The smallest absolute Gasteiger partial charge is 0.319 e. The second-order valence-corrected chi connectivity index (χ2v) is 13.8. The molecule has 46 heavy (non-hydrogen) atoms. The highest BCUT2D eigenvalue weighted by Crippen LogP contribution is 2.44. The first-order valence-corrected chi connectivity index (χ1v) is 16.5. The number of aromatic nitrogens is 3. The van der Waals surface area contributed by atoms with Crippen LogP contribution in [-0.4, -0.2) is 88.2 Å². The Kier molecular flexibility index (Phi) is 7.97. The van der Waals surface area contributed by atoms with E-state index >= 15 is 4.39 Å². The lowest BCUT2D eigenvalue weighted by Gasteiger charge is -2.38. The number of hydrogen-bond donors (Lipinski definition) is 1. The number of rotatable bonds is 7. The minimum atomic E-state index is -0.940. The number of nitrogens with zero attached hydrogens (tertiary/aromatic N) is 6. The summed E-state index contributed by atoms with van der Waals surface area (Å²) in [5.74, 6) is -1.06. The van der Waals surface area contributed by atoms with E-state index < -0.39 is 23.3 Å². The third-order valence-corrected chi connectivity index (χ3v) is 10.8. The zero-order valence-corrected chi connectivity index (χ0v) is 26.8. The molecule has 4 aromatic rings. The van der Waals surface area contributed by atoms with Crippen molar-refractivity contribution in [3.8, 4) is 17.1 Å².